The Morgan fingerprint density at radius 1 is 1.05 bits per heavy atom. The van der Waals surface area contributed by atoms with Gasteiger partial charge in [0.2, 0.25) is 0 Å². The molecule has 0 radical (unpaired) electrons. The Bertz CT molecular complexity index is 785. The van der Waals surface area contributed by atoms with Crippen LogP contribution in [0.15, 0.2) is 54.7 Å². The molecule has 104 valence electrons. The zero-order chi connectivity index (χ0) is 14.2. The number of para-hydroxylation sites is 1. The normalized spacial score (nSPS) is 21.2. The first-order valence-corrected chi connectivity index (χ1v) is 7.05. The number of hydrogen-bond donors (Lipinski definition) is 2. The molecule has 0 spiro atoms. The van der Waals surface area contributed by atoms with E-state index < -0.39 is 0 Å². The molecule has 2 aromatic heterocycles. The van der Waals surface area contributed by atoms with Crippen LogP contribution in [-0.4, -0.2) is 27.7 Å². The van der Waals surface area contributed by atoms with Crippen LogP contribution in [0.4, 0.5) is 0 Å². The SMILES string of the molecule is OC1CNC1c1ccc(-c2ccc3ccccc3n2)cn1. The van der Waals surface area contributed by atoms with Crippen LogP contribution >= 0.6 is 0 Å². The highest BCUT2D eigenvalue weighted by molar-refractivity contribution is 5.81. The first-order valence-electron chi connectivity index (χ1n) is 7.05. The Morgan fingerprint density at radius 3 is 2.67 bits per heavy atom. The highest BCUT2D eigenvalue weighted by Gasteiger charge is 2.30. The van der Waals surface area contributed by atoms with Gasteiger partial charge in [-0.15, -0.1) is 0 Å². The van der Waals surface area contributed by atoms with Crippen LogP contribution in [0, 0.1) is 0 Å². The maximum absolute atomic E-state index is 9.65. The Kier molecular flexibility index (Phi) is 2.91. The van der Waals surface area contributed by atoms with Crippen LogP contribution in [0.25, 0.3) is 22.2 Å². The molecule has 0 saturated carbocycles. The summed E-state index contributed by atoms with van der Waals surface area (Å²) in [6, 6.07) is 16.1. The minimum atomic E-state index is -0.331. The maximum Gasteiger partial charge on any atom is 0.0874 e. The number of rotatable bonds is 2. The lowest BCUT2D eigenvalue weighted by Gasteiger charge is -2.33. The van der Waals surface area contributed by atoms with E-state index in [1.165, 1.54) is 0 Å². The van der Waals surface area contributed by atoms with Crippen molar-refractivity contribution in [3.8, 4) is 11.3 Å². The molecule has 4 heteroatoms. The molecule has 2 unspecified atom stereocenters. The maximum atomic E-state index is 9.65. The van der Waals surface area contributed by atoms with E-state index in [9.17, 15) is 5.11 Å². The summed E-state index contributed by atoms with van der Waals surface area (Å²) in [5.74, 6) is 0. The molecule has 1 saturated heterocycles. The Balaban J connectivity index is 1.68. The van der Waals surface area contributed by atoms with Gasteiger partial charge >= 0.3 is 0 Å². The van der Waals surface area contributed by atoms with Gasteiger partial charge in [-0.25, -0.2) is 4.98 Å². The molecular formula is C17H15N3O. The van der Waals surface area contributed by atoms with Crippen molar-refractivity contribution < 1.29 is 5.11 Å². The number of aromatic nitrogens is 2. The van der Waals surface area contributed by atoms with Crippen LogP contribution in [-0.2, 0) is 0 Å². The third-order valence-electron chi connectivity index (χ3n) is 3.93. The van der Waals surface area contributed by atoms with Crippen molar-refractivity contribution in [2.75, 3.05) is 6.54 Å². The molecule has 1 aliphatic heterocycles. The third kappa shape index (κ3) is 2.18. The number of hydrogen-bond acceptors (Lipinski definition) is 4. The summed E-state index contributed by atoms with van der Waals surface area (Å²) in [6.45, 7) is 0.639. The number of fused-ring (bicyclic) bond motifs is 1. The van der Waals surface area contributed by atoms with Crippen LogP contribution in [0.5, 0.6) is 0 Å². The molecule has 4 nitrogen and oxygen atoms in total. The minimum Gasteiger partial charge on any atom is -0.390 e. The smallest absolute Gasteiger partial charge is 0.0874 e. The van der Waals surface area contributed by atoms with Gasteiger partial charge in [0.15, 0.2) is 0 Å². The number of nitrogens with one attached hydrogen (secondary N) is 1. The largest absolute Gasteiger partial charge is 0.390 e. The predicted octanol–water partition coefficient (Wildman–Crippen LogP) is 2.30. The molecule has 2 N–H and O–H groups in total. The number of pyridine rings is 2. The fourth-order valence-corrected chi connectivity index (χ4v) is 2.61. The molecule has 2 atom stereocenters. The van der Waals surface area contributed by atoms with E-state index in [1.54, 1.807) is 0 Å². The van der Waals surface area contributed by atoms with E-state index in [0.717, 1.165) is 27.9 Å². The molecule has 3 heterocycles. The summed E-state index contributed by atoms with van der Waals surface area (Å²) in [5, 5.41) is 13.9. The standard InChI is InChI=1S/C17H15N3O/c21-16-10-19-17(16)15-8-6-12(9-18-15)14-7-5-11-3-1-2-4-13(11)20-14/h1-9,16-17,19,21H,10H2. The molecule has 0 aliphatic carbocycles. The van der Waals surface area contributed by atoms with Crippen molar-refractivity contribution in [3.05, 3.63) is 60.4 Å². The van der Waals surface area contributed by atoms with Crippen LogP contribution < -0.4 is 5.32 Å². The molecule has 1 aromatic carbocycles. The number of benzene rings is 1. The lowest BCUT2D eigenvalue weighted by atomic mass is 9.99. The van der Waals surface area contributed by atoms with Crippen LogP contribution in [0.3, 0.4) is 0 Å². The molecule has 4 rings (SSSR count). The Hall–Kier alpha value is -2.30. The van der Waals surface area contributed by atoms with E-state index in [2.05, 4.69) is 27.4 Å². The van der Waals surface area contributed by atoms with Crippen LogP contribution in [0.2, 0.25) is 0 Å². The molecule has 0 amide bonds. The van der Waals surface area contributed by atoms with E-state index in [1.807, 2.05) is 42.6 Å². The topological polar surface area (TPSA) is 58.0 Å². The van der Waals surface area contributed by atoms with Gasteiger partial charge < -0.3 is 10.4 Å². The van der Waals surface area contributed by atoms with E-state index in [0.29, 0.717) is 6.54 Å². The van der Waals surface area contributed by atoms with Gasteiger partial charge in [-0.3, -0.25) is 4.98 Å². The summed E-state index contributed by atoms with van der Waals surface area (Å²) in [7, 11) is 0. The van der Waals surface area contributed by atoms with Gasteiger partial charge in [0.05, 0.1) is 29.1 Å². The first kappa shape index (κ1) is 12.4. The minimum absolute atomic E-state index is 0.0383. The van der Waals surface area contributed by atoms with Crippen molar-refractivity contribution >= 4 is 10.9 Å². The lowest BCUT2D eigenvalue weighted by molar-refractivity contribution is 0.0591. The number of nitrogens with zero attached hydrogens (tertiary/aromatic N) is 2. The average Bonchev–Trinajstić information content (AvgIpc) is 2.54. The average molecular weight is 277 g/mol. The summed E-state index contributed by atoms with van der Waals surface area (Å²) < 4.78 is 0. The highest BCUT2D eigenvalue weighted by atomic mass is 16.3. The fraction of sp³-hybridized carbons (Fsp3) is 0.176. The second kappa shape index (κ2) is 4.91. The van der Waals surface area contributed by atoms with E-state index in [-0.39, 0.29) is 12.1 Å². The number of β-amino-alcohol motifs (C(OH)–C–C–N with tert-alkyl or cyclic N) is 1. The summed E-state index contributed by atoms with van der Waals surface area (Å²) in [4.78, 5) is 9.11. The summed E-state index contributed by atoms with van der Waals surface area (Å²) in [6.07, 6.45) is 1.49. The van der Waals surface area contributed by atoms with Crippen molar-refractivity contribution in [1.29, 1.82) is 0 Å². The monoisotopic (exact) mass is 277 g/mol. The zero-order valence-corrected chi connectivity index (χ0v) is 11.4. The third-order valence-corrected chi connectivity index (χ3v) is 3.93. The highest BCUT2D eigenvalue weighted by Crippen LogP contribution is 2.25. The Labute approximate surface area is 122 Å². The Morgan fingerprint density at radius 2 is 1.95 bits per heavy atom. The first-order chi connectivity index (χ1) is 10.3. The van der Waals surface area contributed by atoms with Crippen molar-refractivity contribution in [2.45, 2.75) is 12.1 Å². The summed E-state index contributed by atoms with van der Waals surface area (Å²) >= 11 is 0. The molecule has 21 heavy (non-hydrogen) atoms. The van der Waals surface area contributed by atoms with Gasteiger partial charge in [-0.05, 0) is 24.3 Å². The summed E-state index contributed by atoms with van der Waals surface area (Å²) in [5.41, 5.74) is 3.75. The predicted molar refractivity (Wildman–Crippen MR) is 81.7 cm³/mol. The van der Waals surface area contributed by atoms with Gasteiger partial charge in [-0.1, -0.05) is 24.3 Å². The number of aliphatic hydroxyl groups excluding tert-OH is 1. The molecule has 0 bridgehead atoms. The molecular weight excluding hydrogens is 262 g/mol. The number of aliphatic hydroxyl groups is 1. The van der Waals surface area contributed by atoms with Crippen molar-refractivity contribution in [3.63, 3.8) is 0 Å². The van der Waals surface area contributed by atoms with Gasteiger partial charge in [-0.2, -0.15) is 0 Å². The quantitative estimate of drug-likeness (QED) is 0.754. The van der Waals surface area contributed by atoms with Crippen LogP contribution in [0.1, 0.15) is 11.7 Å². The lowest BCUT2D eigenvalue weighted by Crippen LogP contribution is -2.50. The molecule has 1 fully saturated rings. The molecule has 3 aromatic rings. The van der Waals surface area contributed by atoms with E-state index >= 15 is 0 Å². The van der Waals surface area contributed by atoms with Gasteiger partial charge in [0.25, 0.3) is 0 Å². The van der Waals surface area contributed by atoms with Crippen molar-refractivity contribution in [2.24, 2.45) is 0 Å². The van der Waals surface area contributed by atoms with Crippen molar-refractivity contribution in [1.82, 2.24) is 15.3 Å². The zero-order valence-electron chi connectivity index (χ0n) is 11.4. The van der Waals surface area contributed by atoms with Gasteiger partial charge in [0, 0.05) is 23.7 Å². The van der Waals surface area contributed by atoms with Gasteiger partial charge in [0.1, 0.15) is 0 Å². The second-order valence-corrected chi connectivity index (χ2v) is 5.31. The second-order valence-electron chi connectivity index (χ2n) is 5.31. The fourth-order valence-electron chi connectivity index (χ4n) is 2.61. The molecule has 1 aliphatic rings. The van der Waals surface area contributed by atoms with E-state index in [4.69, 9.17) is 0 Å².